The lowest BCUT2D eigenvalue weighted by Crippen LogP contribution is -2.47. The Labute approximate surface area is 187 Å². The van der Waals surface area contributed by atoms with Crippen LogP contribution in [-0.4, -0.2) is 40.5 Å². The van der Waals surface area contributed by atoms with Gasteiger partial charge in [0.05, 0.1) is 17.7 Å². The minimum absolute atomic E-state index is 0.0938. The van der Waals surface area contributed by atoms with Crippen LogP contribution >= 0.6 is 0 Å². The molecule has 0 saturated carbocycles. The number of halogens is 2. The van der Waals surface area contributed by atoms with E-state index in [0.29, 0.717) is 5.56 Å². The molecule has 1 saturated heterocycles. The first-order valence-corrected chi connectivity index (χ1v) is 10.8. The van der Waals surface area contributed by atoms with Crippen LogP contribution in [-0.2, 0) is 9.59 Å². The van der Waals surface area contributed by atoms with Crippen LogP contribution < -0.4 is 5.32 Å². The first-order chi connectivity index (χ1) is 15.0. The topological polar surface area (TPSA) is 69.6 Å². The van der Waals surface area contributed by atoms with Crippen LogP contribution in [0.2, 0.25) is 0 Å². The molecule has 32 heavy (non-hydrogen) atoms. The van der Waals surface area contributed by atoms with E-state index in [9.17, 15) is 23.5 Å². The van der Waals surface area contributed by atoms with Gasteiger partial charge in [-0.3, -0.25) is 9.59 Å². The largest absolute Gasteiger partial charge is 0.391 e. The molecule has 3 atom stereocenters. The van der Waals surface area contributed by atoms with Gasteiger partial charge in [0.2, 0.25) is 11.8 Å². The maximum Gasteiger partial charge on any atom is 0.243 e. The standard InChI is InChI=1S/C25H30F2N2O3/c1-15(16-8-10-17(11-9-16)23-19(26)6-5-7-20(23)27)28-24(32)21-12-18(30)14-29(21)22(31)13-25(2,3)4/h5-11,15,18,21,30H,12-14H2,1-4H3,(H,28,32)/t15?,18-,21?/m1/s1. The average molecular weight is 445 g/mol. The Morgan fingerprint density at radius 2 is 1.72 bits per heavy atom. The Hall–Kier alpha value is -2.80. The number of carbonyl (C=O) groups excluding carboxylic acids is 2. The lowest BCUT2D eigenvalue weighted by Gasteiger charge is -2.28. The van der Waals surface area contributed by atoms with Crippen LogP contribution in [0.15, 0.2) is 42.5 Å². The molecule has 0 spiro atoms. The number of nitrogens with zero attached hydrogens (tertiary/aromatic N) is 1. The number of hydrogen-bond acceptors (Lipinski definition) is 3. The fourth-order valence-electron chi connectivity index (χ4n) is 4.00. The summed E-state index contributed by atoms with van der Waals surface area (Å²) in [5.74, 6) is -1.77. The second-order valence-corrected chi connectivity index (χ2v) is 9.64. The minimum Gasteiger partial charge on any atom is -0.391 e. The summed E-state index contributed by atoms with van der Waals surface area (Å²) in [4.78, 5) is 27.1. The highest BCUT2D eigenvalue weighted by Gasteiger charge is 2.40. The maximum atomic E-state index is 14.0. The highest BCUT2D eigenvalue weighted by Crippen LogP contribution is 2.28. The summed E-state index contributed by atoms with van der Waals surface area (Å²) >= 11 is 0. The van der Waals surface area contributed by atoms with Crippen molar-refractivity contribution in [2.75, 3.05) is 6.54 Å². The second kappa shape index (κ2) is 9.36. The highest BCUT2D eigenvalue weighted by molar-refractivity contribution is 5.88. The molecule has 2 aromatic carbocycles. The predicted molar refractivity (Wildman–Crippen MR) is 119 cm³/mol. The molecular weight excluding hydrogens is 414 g/mol. The van der Waals surface area contributed by atoms with Gasteiger partial charge in [0.15, 0.2) is 0 Å². The minimum atomic E-state index is -0.736. The van der Waals surface area contributed by atoms with E-state index in [1.165, 1.54) is 23.1 Å². The fraction of sp³-hybridized carbons (Fsp3) is 0.440. The summed E-state index contributed by atoms with van der Waals surface area (Å²) in [6.45, 7) is 7.79. The molecule has 172 valence electrons. The Morgan fingerprint density at radius 1 is 1.12 bits per heavy atom. The number of rotatable bonds is 5. The van der Waals surface area contributed by atoms with Crippen molar-refractivity contribution in [2.45, 2.75) is 58.7 Å². The van der Waals surface area contributed by atoms with Crippen molar-refractivity contribution in [3.8, 4) is 11.1 Å². The third-order valence-corrected chi connectivity index (χ3v) is 5.60. The smallest absolute Gasteiger partial charge is 0.243 e. The van der Waals surface area contributed by atoms with Crippen LogP contribution in [0.5, 0.6) is 0 Å². The molecule has 2 unspecified atom stereocenters. The highest BCUT2D eigenvalue weighted by atomic mass is 19.1. The molecule has 2 aromatic rings. The summed E-state index contributed by atoms with van der Waals surface area (Å²) in [6.07, 6.45) is -0.257. The third-order valence-electron chi connectivity index (χ3n) is 5.60. The molecule has 0 aliphatic carbocycles. The summed E-state index contributed by atoms with van der Waals surface area (Å²) < 4.78 is 28.1. The fourth-order valence-corrected chi connectivity index (χ4v) is 4.00. The molecule has 0 aromatic heterocycles. The second-order valence-electron chi connectivity index (χ2n) is 9.64. The van der Waals surface area contributed by atoms with Crippen molar-refractivity contribution < 1.29 is 23.5 Å². The lowest BCUT2D eigenvalue weighted by atomic mass is 9.91. The number of likely N-dealkylation sites (tertiary alicyclic amines) is 1. The van der Waals surface area contributed by atoms with Gasteiger partial charge in [0.1, 0.15) is 17.7 Å². The van der Waals surface area contributed by atoms with E-state index in [-0.39, 0.29) is 48.2 Å². The van der Waals surface area contributed by atoms with E-state index in [1.54, 1.807) is 31.2 Å². The zero-order chi connectivity index (χ0) is 23.6. The first kappa shape index (κ1) is 23.9. The molecule has 2 amide bonds. The van der Waals surface area contributed by atoms with Crippen LogP contribution in [0.25, 0.3) is 11.1 Å². The molecule has 0 bridgehead atoms. The van der Waals surface area contributed by atoms with E-state index >= 15 is 0 Å². The van der Waals surface area contributed by atoms with Gasteiger partial charge in [-0.2, -0.15) is 0 Å². The molecule has 7 heteroatoms. The van der Waals surface area contributed by atoms with E-state index < -0.39 is 23.8 Å². The van der Waals surface area contributed by atoms with Crippen LogP contribution in [0.1, 0.15) is 52.1 Å². The SMILES string of the molecule is CC(NC(=O)C1C[C@@H](O)CN1C(=O)CC(C)(C)C)c1ccc(-c2c(F)cccc2F)cc1. The normalized spacial score (nSPS) is 19.7. The number of amides is 2. The van der Waals surface area contributed by atoms with Crippen molar-refractivity contribution in [1.82, 2.24) is 10.2 Å². The third kappa shape index (κ3) is 5.51. The lowest BCUT2D eigenvalue weighted by molar-refractivity contribution is -0.140. The molecule has 1 fully saturated rings. The van der Waals surface area contributed by atoms with Crippen LogP contribution in [0, 0.1) is 17.0 Å². The number of aliphatic hydroxyl groups excluding tert-OH is 1. The van der Waals surface area contributed by atoms with Crippen LogP contribution in [0.4, 0.5) is 8.78 Å². The van der Waals surface area contributed by atoms with E-state index in [4.69, 9.17) is 0 Å². The van der Waals surface area contributed by atoms with Crippen molar-refractivity contribution in [1.29, 1.82) is 0 Å². The van der Waals surface area contributed by atoms with E-state index in [1.807, 2.05) is 20.8 Å². The molecule has 2 N–H and O–H groups in total. The summed E-state index contributed by atoms with van der Waals surface area (Å²) in [6, 6.07) is 9.24. The number of carbonyl (C=O) groups is 2. The van der Waals surface area contributed by atoms with Gasteiger partial charge >= 0.3 is 0 Å². The summed E-state index contributed by atoms with van der Waals surface area (Å²) in [5, 5.41) is 13.0. The molecule has 0 radical (unpaired) electrons. The van der Waals surface area contributed by atoms with Crippen molar-refractivity contribution in [3.63, 3.8) is 0 Å². The Morgan fingerprint density at radius 3 is 2.28 bits per heavy atom. The number of β-amino-alcohol motifs (C(OH)–C–C–N with tert-alkyl or cyclic N) is 1. The molecule has 1 aliphatic rings. The average Bonchev–Trinajstić information content (AvgIpc) is 3.09. The van der Waals surface area contributed by atoms with Gasteiger partial charge in [-0.1, -0.05) is 51.1 Å². The number of aliphatic hydroxyl groups is 1. The number of hydrogen-bond donors (Lipinski definition) is 2. The Kier molecular flexibility index (Phi) is 6.98. The van der Waals surface area contributed by atoms with Crippen LogP contribution in [0.3, 0.4) is 0 Å². The Bertz CT molecular complexity index is 965. The molecule has 5 nitrogen and oxygen atoms in total. The molecule has 1 aliphatic heterocycles. The van der Waals surface area contributed by atoms with Crippen molar-refractivity contribution >= 4 is 11.8 Å². The molecule has 1 heterocycles. The van der Waals surface area contributed by atoms with Gasteiger partial charge in [0.25, 0.3) is 0 Å². The van der Waals surface area contributed by atoms with E-state index in [2.05, 4.69) is 5.32 Å². The van der Waals surface area contributed by atoms with Gasteiger partial charge in [-0.05, 0) is 35.6 Å². The van der Waals surface area contributed by atoms with E-state index in [0.717, 1.165) is 5.56 Å². The zero-order valence-corrected chi connectivity index (χ0v) is 18.9. The van der Waals surface area contributed by atoms with Gasteiger partial charge < -0.3 is 15.3 Å². The van der Waals surface area contributed by atoms with Crippen molar-refractivity contribution in [3.05, 3.63) is 59.7 Å². The predicted octanol–water partition coefficient (Wildman–Crippen LogP) is 4.21. The maximum absolute atomic E-state index is 14.0. The summed E-state index contributed by atoms with van der Waals surface area (Å²) in [7, 11) is 0. The number of benzene rings is 2. The monoisotopic (exact) mass is 444 g/mol. The van der Waals surface area contributed by atoms with Gasteiger partial charge in [0, 0.05) is 19.4 Å². The summed E-state index contributed by atoms with van der Waals surface area (Å²) in [5.41, 5.74) is 0.840. The van der Waals surface area contributed by atoms with Gasteiger partial charge in [-0.15, -0.1) is 0 Å². The zero-order valence-electron chi connectivity index (χ0n) is 18.9. The molecule has 3 rings (SSSR count). The first-order valence-electron chi connectivity index (χ1n) is 10.8. The Balaban J connectivity index is 1.70. The molecular formula is C25H30F2N2O3. The quantitative estimate of drug-likeness (QED) is 0.726. The van der Waals surface area contributed by atoms with Gasteiger partial charge in [-0.25, -0.2) is 8.78 Å². The number of nitrogens with one attached hydrogen (secondary N) is 1. The van der Waals surface area contributed by atoms with Crippen molar-refractivity contribution in [2.24, 2.45) is 5.41 Å².